The Morgan fingerprint density at radius 3 is 2.14 bits per heavy atom. The zero-order chi connectivity index (χ0) is 32.0. The van der Waals surface area contributed by atoms with E-state index < -0.39 is 59.4 Å². The van der Waals surface area contributed by atoms with Crippen LogP contribution >= 0.6 is 0 Å². The molecule has 0 spiro atoms. The van der Waals surface area contributed by atoms with Crippen molar-refractivity contribution in [1.29, 1.82) is 0 Å². The summed E-state index contributed by atoms with van der Waals surface area (Å²) < 4.78 is 30.3. The molecular formula is C26H29N7O11. The van der Waals surface area contributed by atoms with Crippen molar-refractivity contribution in [1.82, 2.24) is 30.0 Å². The first-order chi connectivity index (χ1) is 20.9. The molecule has 3 aromatic rings. The Bertz CT molecular complexity index is 1520. The number of esters is 4. The third kappa shape index (κ3) is 7.77. The molecule has 44 heavy (non-hydrogen) atoms. The van der Waals surface area contributed by atoms with Gasteiger partial charge in [-0.05, 0) is 25.0 Å². The average molecular weight is 616 g/mol. The third-order valence-corrected chi connectivity index (χ3v) is 6.35. The SMILES string of the molecule is CC(=O)OC[C@H]1O[C@@H](n2cc(CCc3cnnn3-c3ccc([N+](=O)[O-])cc3)nn2)[C@H](OC(C)=O)[C@@H](OC(C)=O)[C@@H]1OC(C)=O. The molecule has 0 aliphatic carbocycles. The second-order valence-electron chi connectivity index (χ2n) is 9.69. The first kappa shape index (κ1) is 31.7. The average Bonchev–Trinajstić information content (AvgIpc) is 3.62. The molecule has 0 radical (unpaired) electrons. The highest BCUT2D eigenvalue weighted by molar-refractivity contribution is 5.68. The molecule has 1 aliphatic heterocycles. The van der Waals surface area contributed by atoms with E-state index in [4.69, 9.17) is 23.7 Å². The van der Waals surface area contributed by atoms with E-state index in [9.17, 15) is 29.3 Å². The Hall–Kier alpha value is -5.26. The minimum Gasteiger partial charge on any atom is -0.463 e. The van der Waals surface area contributed by atoms with E-state index in [-0.39, 0.29) is 12.3 Å². The van der Waals surface area contributed by atoms with Crippen LogP contribution in [0.2, 0.25) is 0 Å². The lowest BCUT2D eigenvalue weighted by molar-refractivity contribution is -0.384. The number of aromatic nitrogens is 6. The fourth-order valence-electron chi connectivity index (χ4n) is 4.59. The van der Waals surface area contributed by atoms with Gasteiger partial charge >= 0.3 is 23.9 Å². The zero-order valence-corrected chi connectivity index (χ0v) is 24.1. The van der Waals surface area contributed by atoms with Gasteiger partial charge in [-0.1, -0.05) is 10.4 Å². The summed E-state index contributed by atoms with van der Waals surface area (Å²) in [6.07, 6.45) is -2.56. The minimum absolute atomic E-state index is 0.0609. The normalized spacial score (nSPS) is 21.2. The van der Waals surface area contributed by atoms with Crippen LogP contribution in [-0.2, 0) is 55.7 Å². The molecule has 234 valence electrons. The highest BCUT2D eigenvalue weighted by Gasteiger charge is 2.53. The van der Waals surface area contributed by atoms with Crippen LogP contribution in [0.5, 0.6) is 0 Å². The van der Waals surface area contributed by atoms with Crippen LogP contribution in [0.3, 0.4) is 0 Å². The number of nitro benzene ring substituents is 1. The maximum absolute atomic E-state index is 12.1. The Kier molecular flexibility index (Phi) is 9.94. The van der Waals surface area contributed by atoms with Crippen LogP contribution in [0.1, 0.15) is 45.3 Å². The summed E-state index contributed by atoms with van der Waals surface area (Å²) in [5.41, 5.74) is 1.67. The van der Waals surface area contributed by atoms with Gasteiger partial charge < -0.3 is 23.7 Å². The predicted molar refractivity (Wildman–Crippen MR) is 143 cm³/mol. The van der Waals surface area contributed by atoms with Crippen molar-refractivity contribution in [2.45, 2.75) is 71.2 Å². The van der Waals surface area contributed by atoms with Gasteiger partial charge in [-0.25, -0.2) is 9.36 Å². The number of carbonyl (C=O) groups is 4. The smallest absolute Gasteiger partial charge is 0.303 e. The van der Waals surface area contributed by atoms with Crippen molar-refractivity contribution < 1.29 is 47.8 Å². The molecular weight excluding hydrogens is 586 g/mol. The fraction of sp³-hybridized carbons (Fsp3) is 0.462. The Morgan fingerprint density at radius 1 is 0.886 bits per heavy atom. The number of benzene rings is 1. The van der Waals surface area contributed by atoms with Crippen LogP contribution in [0.25, 0.3) is 5.69 Å². The maximum atomic E-state index is 12.1. The molecule has 3 heterocycles. The molecule has 1 aliphatic rings. The Labute approximate surface area is 249 Å². The van der Waals surface area contributed by atoms with Gasteiger partial charge in [0.15, 0.2) is 24.5 Å². The van der Waals surface area contributed by atoms with Crippen LogP contribution in [0.15, 0.2) is 36.7 Å². The first-order valence-electron chi connectivity index (χ1n) is 13.3. The van der Waals surface area contributed by atoms with Gasteiger partial charge in [-0.3, -0.25) is 29.3 Å². The van der Waals surface area contributed by atoms with E-state index in [2.05, 4.69) is 20.6 Å². The number of nitro groups is 1. The summed E-state index contributed by atoms with van der Waals surface area (Å²) in [5, 5.41) is 27.3. The van der Waals surface area contributed by atoms with E-state index in [0.717, 1.165) is 20.8 Å². The maximum Gasteiger partial charge on any atom is 0.303 e. The number of non-ortho nitro benzene ring substituents is 1. The van der Waals surface area contributed by atoms with Gasteiger partial charge in [-0.2, -0.15) is 0 Å². The van der Waals surface area contributed by atoms with Crippen molar-refractivity contribution in [2.75, 3.05) is 6.61 Å². The van der Waals surface area contributed by atoms with Crippen molar-refractivity contribution in [3.05, 3.63) is 58.2 Å². The summed E-state index contributed by atoms with van der Waals surface area (Å²) in [7, 11) is 0. The lowest BCUT2D eigenvalue weighted by atomic mass is 9.97. The molecule has 1 fully saturated rings. The largest absolute Gasteiger partial charge is 0.463 e. The molecule has 2 aromatic heterocycles. The number of hydrogen-bond acceptors (Lipinski definition) is 15. The summed E-state index contributed by atoms with van der Waals surface area (Å²) in [5.74, 6) is -2.88. The van der Waals surface area contributed by atoms with Crippen LogP contribution in [-0.4, -0.2) is 89.8 Å². The van der Waals surface area contributed by atoms with Crippen LogP contribution in [0.4, 0.5) is 5.69 Å². The van der Waals surface area contributed by atoms with Crippen LogP contribution in [0, 0.1) is 10.1 Å². The van der Waals surface area contributed by atoms with Crippen molar-refractivity contribution in [2.24, 2.45) is 0 Å². The summed E-state index contributed by atoms with van der Waals surface area (Å²) in [4.78, 5) is 58.1. The standard InChI is InChI=1S/C26H29N7O11/c1-14(34)40-13-22-23(41-15(2)35)24(42-16(3)36)25(43-17(4)37)26(44-22)31-12-18(28-30-31)5-6-21-11-27-29-32(21)19-7-9-20(10-8-19)33(38)39/h7-12,22-26H,5-6,13H2,1-4H3/t22-,23-,24+,25-,26-/m1/s1. The highest BCUT2D eigenvalue weighted by atomic mass is 16.7. The Morgan fingerprint density at radius 2 is 1.52 bits per heavy atom. The molecule has 0 amide bonds. The van der Waals surface area contributed by atoms with Gasteiger partial charge in [0.05, 0.1) is 34.4 Å². The van der Waals surface area contributed by atoms with Gasteiger partial charge in [0.25, 0.3) is 5.69 Å². The summed E-state index contributed by atoms with van der Waals surface area (Å²) in [6, 6.07) is 5.83. The highest BCUT2D eigenvalue weighted by Crippen LogP contribution is 2.34. The molecule has 0 bridgehead atoms. The van der Waals surface area contributed by atoms with E-state index in [1.807, 2.05) is 0 Å². The quantitative estimate of drug-likeness (QED) is 0.126. The molecule has 18 nitrogen and oxygen atoms in total. The number of rotatable bonds is 11. The van der Waals surface area contributed by atoms with Gasteiger partial charge in [-0.15, -0.1) is 10.2 Å². The van der Waals surface area contributed by atoms with Gasteiger partial charge in [0.2, 0.25) is 0 Å². The third-order valence-electron chi connectivity index (χ3n) is 6.35. The molecule has 18 heteroatoms. The molecule has 0 saturated carbocycles. The number of carbonyl (C=O) groups excluding carboxylic acids is 4. The van der Waals surface area contributed by atoms with Crippen molar-refractivity contribution in [3.8, 4) is 5.69 Å². The molecule has 5 atom stereocenters. The molecule has 4 rings (SSSR count). The van der Waals surface area contributed by atoms with E-state index in [0.29, 0.717) is 29.9 Å². The monoisotopic (exact) mass is 615 g/mol. The Balaban J connectivity index is 1.58. The fourth-order valence-corrected chi connectivity index (χ4v) is 4.59. The molecule has 1 aromatic carbocycles. The van der Waals surface area contributed by atoms with Crippen LogP contribution < -0.4 is 0 Å². The molecule has 1 saturated heterocycles. The number of aryl methyl sites for hydroxylation is 2. The van der Waals surface area contributed by atoms with Crippen molar-refractivity contribution >= 4 is 29.6 Å². The number of nitrogens with zero attached hydrogens (tertiary/aromatic N) is 7. The summed E-state index contributed by atoms with van der Waals surface area (Å²) >= 11 is 0. The zero-order valence-electron chi connectivity index (χ0n) is 24.1. The van der Waals surface area contributed by atoms with E-state index in [1.54, 1.807) is 18.3 Å². The van der Waals surface area contributed by atoms with E-state index >= 15 is 0 Å². The number of ether oxygens (including phenoxy) is 5. The number of hydrogen-bond donors (Lipinski definition) is 0. The molecule has 0 unspecified atom stereocenters. The topological polar surface area (TPSA) is 219 Å². The lowest BCUT2D eigenvalue weighted by Crippen LogP contribution is -2.60. The molecule has 0 N–H and O–H groups in total. The van der Waals surface area contributed by atoms with Crippen molar-refractivity contribution in [3.63, 3.8) is 0 Å². The second-order valence-corrected chi connectivity index (χ2v) is 9.69. The first-order valence-corrected chi connectivity index (χ1v) is 13.3. The second kappa shape index (κ2) is 13.8. The van der Waals surface area contributed by atoms with E-state index in [1.165, 1.54) is 34.6 Å². The van der Waals surface area contributed by atoms with Gasteiger partial charge in [0.1, 0.15) is 12.7 Å². The predicted octanol–water partition coefficient (Wildman–Crippen LogP) is 0.808. The minimum atomic E-state index is -1.35. The van der Waals surface area contributed by atoms with Gasteiger partial charge in [0, 0.05) is 39.8 Å². The summed E-state index contributed by atoms with van der Waals surface area (Å²) in [6.45, 7) is 4.20. The lowest BCUT2D eigenvalue weighted by Gasteiger charge is -2.44.